The first-order chi connectivity index (χ1) is 7.54. The van der Waals surface area contributed by atoms with Crippen molar-refractivity contribution in [3.63, 3.8) is 0 Å². The summed E-state index contributed by atoms with van der Waals surface area (Å²) in [5, 5.41) is 19.3. The van der Waals surface area contributed by atoms with Gasteiger partial charge in [0.25, 0.3) is 0 Å². The fraction of sp³-hybridized carbons (Fsp3) is 0.500. The lowest BCUT2D eigenvalue weighted by atomic mass is 10.1. The molecule has 0 heterocycles. The molecule has 0 aliphatic carbocycles. The molecule has 7 heteroatoms. The number of alkyl carbamates (subject to hydrolysis) is 1. The maximum Gasteiger partial charge on any atom is 0.408 e. The van der Waals surface area contributed by atoms with Crippen molar-refractivity contribution in [1.29, 1.82) is 0 Å². The minimum absolute atomic E-state index is 0.650. The number of carbonyl (C=O) groups excluding carboxylic acids is 1. The van der Waals surface area contributed by atoms with E-state index in [2.05, 4.69) is 6.58 Å². The minimum Gasteiger partial charge on any atom is -0.479 e. The average Bonchev–Trinajstić information content (AvgIpc) is 2.09. The zero-order valence-electron chi connectivity index (χ0n) is 9.81. The highest BCUT2D eigenvalue weighted by Crippen LogP contribution is 2.08. The van der Waals surface area contributed by atoms with Crippen LogP contribution in [0.5, 0.6) is 0 Å². The van der Waals surface area contributed by atoms with E-state index in [1.165, 1.54) is 0 Å². The molecule has 96 valence electrons. The standard InChI is InChI=1S/C10H15NO6/c1-5(7(12)13)6(8(14)15)11-9(16)17-10(2,3)4/h6H,1H2,2-4H3,(H,11,16)(H,12,13)(H,14,15)/t6-/m0/s1. The number of aliphatic carboxylic acids is 2. The van der Waals surface area contributed by atoms with Gasteiger partial charge in [-0.1, -0.05) is 6.58 Å². The Morgan fingerprint density at radius 1 is 1.24 bits per heavy atom. The third-order valence-corrected chi connectivity index (χ3v) is 1.53. The first-order valence-corrected chi connectivity index (χ1v) is 4.69. The number of amides is 1. The summed E-state index contributed by atoms with van der Waals surface area (Å²) in [7, 11) is 0. The van der Waals surface area contributed by atoms with Gasteiger partial charge in [-0.25, -0.2) is 14.4 Å². The Morgan fingerprint density at radius 3 is 2.00 bits per heavy atom. The first kappa shape index (κ1) is 14.9. The molecular weight excluding hydrogens is 230 g/mol. The molecule has 3 N–H and O–H groups in total. The molecule has 0 aromatic rings. The third kappa shape index (κ3) is 5.55. The molecule has 17 heavy (non-hydrogen) atoms. The van der Waals surface area contributed by atoms with E-state index in [0.717, 1.165) is 0 Å². The van der Waals surface area contributed by atoms with E-state index in [-0.39, 0.29) is 0 Å². The Balaban J connectivity index is 4.69. The van der Waals surface area contributed by atoms with Crippen LogP contribution in [0.4, 0.5) is 4.79 Å². The Bertz CT molecular complexity index is 354. The van der Waals surface area contributed by atoms with E-state index in [9.17, 15) is 14.4 Å². The SMILES string of the molecule is C=C(C(=O)O)[C@H](NC(=O)OC(C)(C)C)C(=O)O. The molecule has 0 radical (unpaired) electrons. The van der Waals surface area contributed by atoms with E-state index in [0.29, 0.717) is 0 Å². The van der Waals surface area contributed by atoms with Gasteiger partial charge in [0.05, 0.1) is 5.57 Å². The van der Waals surface area contributed by atoms with Gasteiger partial charge >= 0.3 is 18.0 Å². The second-order valence-electron chi connectivity index (χ2n) is 4.25. The Hall–Kier alpha value is -2.05. The van der Waals surface area contributed by atoms with Gasteiger partial charge in [0.1, 0.15) is 5.60 Å². The molecule has 0 aromatic carbocycles. The van der Waals surface area contributed by atoms with Crippen molar-refractivity contribution >= 4 is 18.0 Å². The molecule has 7 nitrogen and oxygen atoms in total. The van der Waals surface area contributed by atoms with Crippen LogP contribution in [0.25, 0.3) is 0 Å². The van der Waals surface area contributed by atoms with Crippen LogP contribution >= 0.6 is 0 Å². The summed E-state index contributed by atoms with van der Waals surface area (Å²) in [6.07, 6.45) is -1.02. The Labute approximate surface area is 98.1 Å². The molecule has 0 saturated heterocycles. The molecule has 0 aliphatic rings. The summed E-state index contributed by atoms with van der Waals surface area (Å²) < 4.78 is 4.80. The van der Waals surface area contributed by atoms with Crippen molar-refractivity contribution in [3.8, 4) is 0 Å². The van der Waals surface area contributed by atoms with Gasteiger partial charge in [0, 0.05) is 0 Å². The monoisotopic (exact) mass is 245 g/mol. The second-order valence-corrected chi connectivity index (χ2v) is 4.25. The first-order valence-electron chi connectivity index (χ1n) is 4.69. The molecule has 0 fully saturated rings. The van der Waals surface area contributed by atoms with Crippen molar-refractivity contribution in [2.45, 2.75) is 32.4 Å². The summed E-state index contributed by atoms with van der Waals surface area (Å²) >= 11 is 0. The third-order valence-electron chi connectivity index (χ3n) is 1.53. The van der Waals surface area contributed by atoms with Gasteiger partial charge in [-0.15, -0.1) is 0 Å². The molecule has 0 rings (SSSR count). The van der Waals surface area contributed by atoms with E-state index in [1.54, 1.807) is 20.8 Å². The van der Waals surface area contributed by atoms with Crippen molar-refractivity contribution in [2.75, 3.05) is 0 Å². The van der Waals surface area contributed by atoms with Crippen LogP contribution in [0.3, 0.4) is 0 Å². The summed E-state index contributed by atoms with van der Waals surface area (Å²) in [5.74, 6) is -3.03. The van der Waals surface area contributed by atoms with Crippen molar-refractivity contribution in [1.82, 2.24) is 5.32 Å². The fourth-order valence-electron chi connectivity index (χ4n) is 0.847. The molecular formula is C10H15NO6. The molecule has 0 unspecified atom stereocenters. The number of hydrogen-bond donors (Lipinski definition) is 3. The number of carboxylic acid groups (broad SMARTS) is 2. The number of rotatable bonds is 4. The summed E-state index contributed by atoms with van der Waals surface area (Å²) in [6.45, 7) is 7.85. The normalized spacial score (nSPS) is 12.4. The van der Waals surface area contributed by atoms with Crippen LogP contribution in [0.1, 0.15) is 20.8 Å². The molecule has 0 bridgehead atoms. The van der Waals surface area contributed by atoms with E-state index in [4.69, 9.17) is 14.9 Å². The van der Waals surface area contributed by atoms with Crippen molar-refractivity contribution in [2.24, 2.45) is 0 Å². The number of carboxylic acids is 2. The largest absolute Gasteiger partial charge is 0.479 e. The van der Waals surface area contributed by atoms with Gasteiger partial charge in [-0.05, 0) is 20.8 Å². The molecule has 0 aromatic heterocycles. The quantitative estimate of drug-likeness (QED) is 0.625. The maximum atomic E-state index is 11.3. The predicted molar refractivity (Wildman–Crippen MR) is 57.6 cm³/mol. The summed E-state index contributed by atoms with van der Waals surface area (Å²) in [6, 6.07) is -1.72. The maximum absolute atomic E-state index is 11.3. The van der Waals surface area contributed by atoms with Crippen LogP contribution < -0.4 is 5.32 Å². The second kappa shape index (κ2) is 5.33. The average molecular weight is 245 g/mol. The highest BCUT2D eigenvalue weighted by atomic mass is 16.6. The lowest BCUT2D eigenvalue weighted by Crippen LogP contribution is -2.45. The number of nitrogens with one attached hydrogen (secondary N) is 1. The lowest BCUT2D eigenvalue weighted by Gasteiger charge is -2.21. The van der Waals surface area contributed by atoms with Crippen LogP contribution in [-0.2, 0) is 14.3 Å². The van der Waals surface area contributed by atoms with Crippen LogP contribution in [0.15, 0.2) is 12.2 Å². The zero-order chi connectivity index (χ0) is 13.8. The molecule has 0 saturated carbocycles. The zero-order valence-corrected chi connectivity index (χ0v) is 9.81. The highest BCUT2D eigenvalue weighted by Gasteiger charge is 2.29. The summed E-state index contributed by atoms with van der Waals surface area (Å²) in [4.78, 5) is 32.6. The van der Waals surface area contributed by atoms with Gasteiger partial charge in [0.15, 0.2) is 6.04 Å². The van der Waals surface area contributed by atoms with E-state index >= 15 is 0 Å². The number of ether oxygens (including phenoxy) is 1. The molecule has 0 aliphatic heterocycles. The van der Waals surface area contributed by atoms with Crippen molar-refractivity contribution < 1.29 is 29.3 Å². The lowest BCUT2D eigenvalue weighted by molar-refractivity contribution is -0.141. The van der Waals surface area contributed by atoms with Crippen LogP contribution in [-0.4, -0.2) is 39.9 Å². The fourth-order valence-corrected chi connectivity index (χ4v) is 0.847. The summed E-state index contributed by atoms with van der Waals surface area (Å²) in [5.41, 5.74) is -1.46. The smallest absolute Gasteiger partial charge is 0.408 e. The van der Waals surface area contributed by atoms with E-state index < -0.39 is 35.2 Å². The predicted octanol–water partition coefficient (Wildman–Crippen LogP) is 0.605. The van der Waals surface area contributed by atoms with Gasteiger partial charge in [-0.2, -0.15) is 0 Å². The molecule has 0 spiro atoms. The van der Waals surface area contributed by atoms with Crippen molar-refractivity contribution in [3.05, 3.63) is 12.2 Å². The van der Waals surface area contributed by atoms with Gasteiger partial charge in [-0.3, -0.25) is 0 Å². The molecule has 1 amide bonds. The molecule has 1 atom stereocenters. The van der Waals surface area contributed by atoms with Gasteiger partial charge < -0.3 is 20.3 Å². The number of carbonyl (C=O) groups is 3. The number of hydrogen-bond acceptors (Lipinski definition) is 4. The van der Waals surface area contributed by atoms with Crippen LogP contribution in [0.2, 0.25) is 0 Å². The van der Waals surface area contributed by atoms with Crippen LogP contribution in [0, 0.1) is 0 Å². The highest BCUT2D eigenvalue weighted by molar-refractivity contribution is 5.97. The van der Waals surface area contributed by atoms with Gasteiger partial charge in [0.2, 0.25) is 0 Å². The Kier molecular flexibility index (Phi) is 4.69. The minimum atomic E-state index is -1.72. The topological polar surface area (TPSA) is 113 Å². The Morgan fingerprint density at radius 2 is 1.71 bits per heavy atom. The van der Waals surface area contributed by atoms with E-state index in [1.807, 2.05) is 5.32 Å².